The van der Waals surface area contributed by atoms with E-state index in [0.29, 0.717) is 0 Å². The minimum absolute atomic E-state index is 0.0186. The number of carbonyl (C=O) groups excluding carboxylic acids is 1. The number of ether oxygens (including phenoxy) is 1. The molecule has 0 saturated heterocycles. The van der Waals surface area contributed by atoms with Crippen molar-refractivity contribution in [3.63, 3.8) is 0 Å². The topological polar surface area (TPSA) is 135 Å². The Bertz CT molecular complexity index is 679. The van der Waals surface area contributed by atoms with Crippen molar-refractivity contribution in [2.45, 2.75) is 33.4 Å². The van der Waals surface area contributed by atoms with Crippen molar-refractivity contribution in [2.75, 3.05) is 18.9 Å². The van der Waals surface area contributed by atoms with Crippen LogP contribution in [0, 0.1) is 6.92 Å². The molecule has 1 aromatic heterocycles. The minimum atomic E-state index is -3.61. The van der Waals surface area contributed by atoms with Crippen molar-refractivity contribution >= 4 is 21.9 Å². The average Bonchev–Trinajstić information content (AvgIpc) is 2.84. The third-order valence-electron chi connectivity index (χ3n) is 2.91. The molecule has 0 aliphatic carbocycles. The SMILES string of the molecule is Cc1oc(CNC(=O)CNS(=O)(=O)CCOC(C)C)cc1C(=O)O. The number of rotatable bonds is 10. The zero-order valence-electron chi connectivity index (χ0n) is 13.8. The number of aromatic carboxylic acids is 1. The van der Waals surface area contributed by atoms with Gasteiger partial charge < -0.3 is 19.6 Å². The van der Waals surface area contributed by atoms with Gasteiger partial charge in [-0.2, -0.15) is 0 Å². The number of amides is 1. The summed E-state index contributed by atoms with van der Waals surface area (Å²) >= 11 is 0. The first-order valence-corrected chi connectivity index (χ1v) is 8.94. The van der Waals surface area contributed by atoms with Crippen LogP contribution in [0.25, 0.3) is 0 Å². The van der Waals surface area contributed by atoms with E-state index in [2.05, 4.69) is 10.0 Å². The predicted octanol–water partition coefficient (Wildman–Crippen LogP) is 0.247. The van der Waals surface area contributed by atoms with E-state index >= 15 is 0 Å². The Morgan fingerprint density at radius 1 is 1.38 bits per heavy atom. The summed E-state index contributed by atoms with van der Waals surface area (Å²) in [4.78, 5) is 22.5. The molecule has 0 bridgehead atoms. The molecule has 0 aliphatic rings. The summed E-state index contributed by atoms with van der Waals surface area (Å²) in [5.41, 5.74) is 0.0186. The number of hydrogen-bond donors (Lipinski definition) is 3. The summed E-state index contributed by atoms with van der Waals surface area (Å²) in [6, 6.07) is 1.31. The van der Waals surface area contributed by atoms with Gasteiger partial charge in [-0.3, -0.25) is 4.79 Å². The Kier molecular flexibility index (Phi) is 7.39. The van der Waals surface area contributed by atoms with Gasteiger partial charge in [0, 0.05) is 0 Å². The second-order valence-corrected chi connectivity index (χ2v) is 7.25. The van der Waals surface area contributed by atoms with E-state index in [-0.39, 0.29) is 42.1 Å². The predicted molar refractivity (Wildman–Crippen MR) is 85.1 cm³/mol. The maximum Gasteiger partial charge on any atom is 0.339 e. The van der Waals surface area contributed by atoms with Gasteiger partial charge in [-0.15, -0.1) is 0 Å². The second kappa shape index (κ2) is 8.81. The van der Waals surface area contributed by atoms with E-state index in [0.717, 1.165) is 0 Å². The molecular formula is C14H22N2O7S. The molecule has 24 heavy (non-hydrogen) atoms. The van der Waals surface area contributed by atoms with E-state index in [1.165, 1.54) is 13.0 Å². The molecule has 1 amide bonds. The van der Waals surface area contributed by atoms with Gasteiger partial charge in [0.1, 0.15) is 17.1 Å². The number of carboxylic acids is 1. The summed E-state index contributed by atoms with van der Waals surface area (Å²) < 4.78 is 35.8. The fraction of sp³-hybridized carbons (Fsp3) is 0.571. The third-order valence-corrected chi connectivity index (χ3v) is 4.20. The first-order chi connectivity index (χ1) is 11.1. The number of hydrogen-bond acceptors (Lipinski definition) is 6. The Labute approximate surface area is 140 Å². The molecule has 1 rings (SSSR count). The van der Waals surface area contributed by atoms with E-state index in [9.17, 15) is 18.0 Å². The van der Waals surface area contributed by atoms with Gasteiger partial charge in [-0.25, -0.2) is 17.9 Å². The number of aryl methyl sites for hydroxylation is 1. The van der Waals surface area contributed by atoms with Gasteiger partial charge in [0.05, 0.1) is 31.6 Å². The Morgan fingerprint density at radius 2 is 2.04 bits per heavy atom. The number of carboxylic acid groups (broad SMARTS) is 1. The molecule has 0 unspecified atom stereocenters. The van der Waals surface area contributed by atoms with Crippen LogP contribution in [0.4, 0.5) is 0 Å². The van der Waals surface area contributed by atoms with Crippen molar-refractivity contribution in [1.29, 1.82) is 0 Å². The summed E-state index contributed by atoms with van der Waals surface area (Å²) in [5.74, 6) is -1.42. The average molecular weight is 362 g/mol. The number of sulfonamides is 1. The fourth-order valence-electron chi connectivity index (χ4n) is 1.73. The standard InChI is InChI=1S/C14H22N2O7S/c1-9(2)22-4-5-24(20,21)16-8-13(17)15-7-11-6-12(14(18)19)10(3)23-11/h6,9,16H,4-5,7-8H2,1-3H3,(H,15,17)(H,18,19). The zero-order chi connectivity index (χ0) is 18.3. The second-order valence-electron chi connectivity index (χ2n) is 5.32. The maximum absolute atomic E-state index is 11.7. The molecule has 0 spiro atoms. The van der Waals surface area contributed by atoms with Crippen molar-refractivity contribution < 1.29 is 32.3 Å². The van der Waals surface area contributed by atoms with E-state index in [4.69, 9.17) is 14.3 Å². The van der Waals surface area contributed by atoms with Crippen LogP contribution in [-0.4, -0.2) is 50.4 Å². The van der Waals surface area contributed by atoms with Crippen LogP contribution in [-0.2, 0) is 26.1 Å². The number of nitrogens with one attached hydrogen (secondary N) is 2. The lowest BCUT2D eigenvalue weighted by Crippen LogP contribution is -2.38. The normalized spacial score (nSPS) is 11.7. The molecule has 0 fully saturated rings. The maximum atomic E-state index is 11.7. The lowest BCUT2D eigenvalue weighted by molar-refractivity contribution is -0.120. The first-order valence-electron chi connectivity index (χ1n) is 7.29. The smallest absolute Gasteiger partial charge is 0.339 e. The summed E-state index contributed by atoms with van der Waals surface area (Å²) in [5, 5.41) is 11.3. The number of carbonyl (C=O) groups is 2. The first kappa shape index (κ1) is 20.1. The molecule has 0 aliphatic heterocycles. The van der Waals surface area contributed by atoms with Crippen LogP contribution in [0.15, 0.2) is 10.5 Å². The van der Waals surface area contributed by atoms with Gasteiger partial charge in [-0.05, 0) is 26.8 Å². The van der Waals surface area contributed by atoms with Crippen molar-refractivity contribution in [1.82, 2.24) is 10.0 Å². The Morgan fingerprint density at radius 3 is 2.58 bits per heavy atom. The van der Waals surface area contributed by atoms with Crippen LogP contribution in [0.1, 0.15) is 35.7 Å². The molecule has 1 aromatic rings. The molecule has 1 heterocycles. The molecule has 0 saturated carbocycles. The molecule has 0 atom stereocenters. The Balaban J connectivity index is 2.38. The van der Waals surface area contributed by atoms with Crippen LogP contribution in [0.3, 0.4) is 0 Å². The molecule has 3 N–H and O–H groups in total. The molecule has 10 heteroatoms. The van der Waals surface area contributed by atoms with Crippen LogP contribution >= 0.6 is 0 Å². The highest BCUT2D eigenvalue weighted by Gasteiger charge is 2.15. The van der Waals surface area contributed by atoms with Gasteiger partial charge in [0.25, 0.3) is 0 Å². The minimum Gasteiger partial charge on any atom is -0.478 e. The summed E-state index contributed by atoms with van der Waals surface area (Å²) in [6.07, 6.45) is -0.0732. The highest BCUT2D eigenvalue weighted by Crippen LogP contribution is 2.14. The quantitative estimate of drug-likeness (QED) is 0.543. The van der Waals surface area contributed by atoms with Crippen molar-refractivity contribution in [3.8, 4) is 0 Å². The van der Waals surface area contributed by atoms with Crippen LogP contribution in [0.2, 0.25) is 0 Å². The third kappa shape index (κ3) is 7.11. The molecule has 9 nitrogen and oxygen atoms in total. The highest BCUT2D eigenvalue weighted by molar-refractivity contribution is 7.89. The summed E-state index contributed by atoms with van der Waals surface area (Å²) in [6.45, 7) is 4.67. The molecular weight excluding hydrogens is 340 g/mol. The van der Waals surface area contributed by atoms with Crippen molar-refractivity contribution in [2.24, 2.45) is 0 Å². The van der Waals surface area contributed by atoms with E-state index < -0.39 is 28.4 Å². The lowest BCUT2D eigenvalue weighted by Gasteiger charge is -2.09. The molecule has 0 aromatic carbocycles. The van der Waals surface area contributed by atoms with Gasteiger partial charge >= 0.3 is 5.97 Å². The lowest BCUT2D eigenvalue weighted by atomic mass is 10.2. The molecule has 136 valence electrons. The zero-order valence-corrected chi connectivity index (χ0v) is 14.6. The van der Waals surface area contributed by atoms with Gasteiger partial charge in [0.15, 0.2) is 0 Å². The van der Waals surface area contributed by atoms with Crippen LogP contribution in [0.5, 0.6) is 0 Å². The largest absolute Gasteiger partial charge is 0.478 e. The highest BCUT2D eigenvalue weighted by atomic mass is 32.2. The van der Waals surface area contributed by atoms with Crippen molar-refractivity contribution in [3.05, 3.63) is 23.2 Å². The van der Waals surface area contributed by atoms with Crippen LogP contribution < -0.4 is 10.0 Å². The monoisotopic (exact) mass is 362 g/mol. The van der Waals surface area contributed by atoms with E-state index in [1.807, 2.05) is 0 Å². The van der Waals surface area contributed by atoms with Gasteiger partial charge in [0.2, 0.25) is 15.9 Å². The fourth-order valence-corrected chi connectivity index (χ4v) is 2.54. The van der Waals surface area contributed by atoms with E-state index in [1.54, 1.807) is 13.8 Å². The Hall–Kier alpha value is -1.91. The summed E-state index contributed by atoms with van der Waals surface area (Å²) in [7, 11) is -3.61. The number of furan rings is 1. The molecule has 0 radical (unpaired) electrons. The van der Waals surface area contributed by atoms with Gasteiger partial charge in [-0.1, -0.05) is 0 Å².